The first-order valence-electron chi connectivity index (χ1n) is 1.62. The van der Waals surface area contributed by atoms with E-state index in [4.69, 9.17) is 6.65 Å². The van der Waals surface area contributed by atoms with Crippen LogP contribution in [0.4, 0.5) is 0 Å². The molecule has 5 nitrogen and oxygen atoms in total. The van der Waals surface area contributed by atoms with Gasteiger partial charge in [0, 0.05) is 5.27 Å². The third kappa shape index (κ3) is 5.45. The number of rotatable bonds is 0. The Balaban J connectivity index is 0.000000145. The van der Waals surface area contributed by atoms with Crippen LogP contribution >= 0.6 is 0 Å². The van der Waals surface area contributed by atoms with Crippen molar-refractivity contribution in [1.82, 2.24) is 10.4 Å². The molecule has 0 bridgehead atoms. The van der Waals surface area contributed by atoms with E-state index in [9.17, 15) is 0 Å². The van der Waals surface area contributed by atoms with Crippen molar-refractivity contribution in [2.75, 3.05) is 0 Å². The summed E-state index contributed by atoms with van der Waals surface area (Å²) in [7, 11) is 0. The Hall–Kier alpha value is -0.546. The summed E-state index contributed by atoms with van der Waals surface area (Å²) in [5.74, 6) is 0. The van der Waals surface area contributed by atoms with Gasteiger partial charge in [0.15, 0.2) is 0 Å². The SMILES string of the molecule is [O]=[Ti]=[O].c1conn1. The molecule has 0 amide bonds. The Morgan fingerprint density at radius 2 is 2.12 bits per heavy atom. The van der Waals surface area contributed by atoms with Crippen LogP contribution in [-0.2, 0) is 25.7 Å². The number of hydrogen-bond donors (Lipinski definition) is 0. The zero-order valence-corrected chi connectivity index (χ0v) is 5.34. The molecule has 0 saturated carbocycles. The molecule has 0 radical (unpaired) electrons. The van der Waals surface area contributed by atoms with E-state index in [1.807, 2.05) is 0 Å². The summed E-state index contributed by atoms with van der Waals surface area (Å²) in [6, 6.07) is 0. The summed E-state index contributed by atoms with van der Waals surface area (Å²) in [6.45, 7) is 0. The Morgan fingerprint density at radius 1 is 1.50 bits per heavy atom. The Kier molecular flexibility index (Phi) is 6.01. The van der Waals surface area contributed by atoms with Crippen LogP contribution in [0.5, 0.6) is 0 Å². The second-order valence-electron chi connectivity index (χ2n) is 0.671. The Labute approximate surface area is 53.6 Å². The maximum atomic E-state index is 8.50. The Bertz CT molecular complexity index is 127. The van der Waals surface area contributed by atoms with Gasteiger partial charge in [-0.15, -0.1) is 5.10 Å². The zero-order chi connectivity index (χ0) is 6.24. The molecule has 8 heavy (non-hydrogen) atoms. The molecule has 0 aromatic carbocycles. The van der Waals surface area contributed by atoms with Gasteiger partial charge in [0.2, 0.25) is 0 Å². The van der Waals surface area contributed by atoms with Crippen LogP contribution in [0.1, 0.15) is 0 Å². The van der Waals surface area contributed by atoms with Crippen molar-refractivity contribution in [3.63, 3.8) is 0 Å². The molecule has 0 atom stereocenters. The third-order valence-electron chi connectivity index (χ3n) is 0.283. The molecule has 6 heteroatoms. The third-order valence-corrected chi connectivity index (χ3v) is 0.283. The van der Waals surface area contributed by atoms with Gasteiger partial charge in [-0.1, -0.05) is 0 Å². The first-order valence-corrected chi connectivity index (χ1v) is 2.89. The van der Waals surface area contributed by atoms with Crippen LogP contribution in [0.2, 0.25) is 0 Å². The molecule has 0 unspecified atom stereocenters. The van der Waals surface area contributed by atoms with E-state index in [0.717, 1.165) is 0 Å². The molecule has 1 aromatic heterocycles. The maximum Gasteiger partial charge on any atom is 0.144 e. The average Bonchev–Trinajstić information content (AvgIpc) is 2.17. The molecule has 1 rings (SSSR count). The minimum Gasteiger partial charge on any atom is -0.346 e. The van der Waals surface area contributed by atoms with Crippen molar-refractivity contribution in [3.8, 4) is 0 Å². The topological polar surface area (TPSA) is 73.1 Å². The predicted molar refractivity (Wildman–Crippen MR) is 15.7 cm³/mol. The number of nitrogens with zero attached hydrogens (tertiary/aromatic N) is 2. The summed E-state index contributed by atoms with van der Waals surface area (Å²) in [6.07, 6.45) is 2.88. The van der Waals surface area contributed by atoms with Crippen molar-refractivity contribution in [2.45, 2.75) is 0 Å². The van der Waals surface area contributed by atoms with Crippen molar-refractivity contribution in [1.29, 1.82) is 0 Å². The zero-order valence-electron chi connectivity index (χ0n) is 3.77. The summed E-state index contributed by atoms with van der Waals surface area (Å²) in [5, 5.41) is 6.40. The second kappa shape index (κ2) is 6.45. The monoisotopic (exact) mass is 150 g/mol. The Morgan fingerprint density at radius 3 is 2.25 bits per heavy atom. The van der Waals surface area contributed by atoms with E-state index in [2.05, 4.69) is 14.9 Å². The second-order valence-corrected chi connectivity index (χ2v) is 0.931. The van der Waals surface area contributed by atoms with Gasteiger partial charge in [-0.05, 0) is 0 Å². The van der Waals surface area contributed by atoms with Crippen molar-refractivity contribution >= 4 is 0 Å². The quantitative estimate of drug-likeness (QED) is 0.480. The summed E-state index contributed by atoms with van der Waals surface area (Å²) < 4.78 is 21.2. The van der Waals surface area contributed by atoms with Crippen LogP contribution in [0.3, 0.4) is 0 Å². The van der Waals surface area contributed by atoms with Crippen LogP contribution in [0.15, 0.2) is 17.0 Å². The summed E-state index contributed by atoms with van der Waals surface area (Å²) >= 11 is -2.00. The number of aromatic nitrogens is 2. The van der Waals surface area contributed by atoms with Gasteiger partial charge < -0.3 is 4.52 Å². The minimum absolute atomic E-state index is 1.40. The van der Waals surface area contributed by atoms with E-state index in [1.54, 1.807) is 0 Å². The molecule has 1 heterocycles. The van der Waals surface area contributed by atoms with Crippen LogP contribution in [0, 0.1) is 0 Å². The fourth-order valence-electron chi connectivity index (χ4n) is 0.136. The average molecular weight is 150 g/mol. The van der Waals surface area contributed by atoms with Gasteiger partial charge >= 0.3 is 25.7 Å². The molecule has 1 aromatic rings. The summed E-state index contributed by atoms with van der Waals surface area (Å²) in [5.41, 5.74) is 0. The van der Waals surface area contributed by atoms with Gasteiger partial charge in [-0.3, -0.25) is 0 Å². The van der Waals surface area contributed by atoms with E-state index >= 15 is 0 Å². The molecule has 0 fully saturated rings. The van der Waals surface area contributed by atoms with Crippen molar-refractivity contribution in [3.05, 3.63) is 12.5 Å². The molecular formula is C2H2N2O3Ti. The van der Waals surface area contributed by atoms with Gasteiger partial charge in [0.1, 0.15) is 6.26 Å². The summed E-state index contributed by atoms with van der Waals surface area (Å²) in [4.78, 5) is 0. The molecule has 42 valence electrons. The minimum atomic E-state index is -2.00. The molecule has 0 aliphatic carbocycles. The predicted octanol–water partition coefficient (Wildman–Crippen LogP) is -0.171. The maximum absolute atomic E-state index is 8.50. The molecule has 0 spiro atoms. The fourth-order valence-corrected chi connectivity index (χ4v) is 0.136. The molecule has 0 saturated heterocycles. The van der Waals surface area contributed by atoms with Gasteiger partial charge in [-0.2, -0.15) is 0 Å². The van der Waals surface area contributed by atoms with Crippen LogP contribution in [0.25, 0.3) is 0 Å². The smallest absolute Gasteiger partial charge is 0.144 e. The van der Waals surface area contributed by atoms with E-state index < -0.39 is 19.1 Å². The number of hydrogen-bond acceptors (Lipinski definition) is 5. The first-order chi connectivity index (χ1) is 3.91. The van der Waals surface area contributed by atoms with E-state index in [1.165, 1.54) is 12.5 Å². The van der Waals surface area contributed by atoms with Crippen LogP contribution in [-0.4, -0.2) is 10.4 Å². The molecular weight excluding hydrogens is 148 g/mol. The van der Waals surface area contributed by atoms with Crippen molar-refractivity contribution in [2.24, 2.45) is 0 Å². The fraction of sp³-hybridized carbons (Fsp3) is 0. The van der Waals surface area contributed by atoms with Gasteiger partial charge in [-0.25, -0.2) is 0 Å². The van der Waals surface area contributed by atoms with E-state index in [0.29, 0.717) is 0 Å². The van der Waals surface area contributed by atoms with Crippen molar-refractivity contribution < 1.29 is 30.3 Å². The van der Waals surface area contributed by atoms with Gasteiger partial charge in [0.25, 0.3) is 0 Å². The standard InChI is InChI=1S/C2H2N2O.2O.Ti/c1-2-5-4-3-1;;;/h1-2H;;;. The first kappa shape index (κ1) is 7.45. The molecule has 0 aliphatic rings. The molecule has 0 N–H and O–H groups in total. The van der Waals surface area contributed by atoms with Gasteiger partial charge in [0.05, 0.1) is 6.20 Å². The molecule has 0 aliphatic heterocycles. The normalized spacial score (nSPS) is 6.00. The van der Waals surface area contributed by atoms with Crippen LogP contribution < -0.4 is 0 Å². The van der Waals surface area contributed by atoms with E-state index in [-0.39, 0.29) is 0 Å². The largest absolute Gasteiger partial charge is 0.346 e.